The van der Waals surface area contributed by atoms with Crippen LogP contribution in [0.5, 0.6) is 0 Å². The molecule has 4 nitrogen and oxygen atoms in total. The van der Waals surface area contributed by atoms with E-state index in [9.17, 15) is 13.6 Å². The highest BCUT2D eigenvalue weighted by atomic mass is 19.3. The molecule has 2 atom stereocenters. The van der Waals surface area contributed by atoms with Gasteiger partial charge in [0.25, 0.3) is 5.92 Å². The van der Waals surface area contributed by atoms with E-state index in [1.807, 2.05) is 13.8 Å². The zero-order chi connectivity index (χ0) is 14.3. The maximum Gasteiger partial charge on any atom is 0.256 e. The Balaban J connectivity index is 2.10. The van der Waals surface area contributed by atoms with Gasteiger partial charge in [0.2, 0.25) is 5.91 Å². The van der Waals surface area contributed by atoms with Gasteiger partial charge >= 0.3 is 0 Å². The molecule has 0 aromatic rings. The summed E-state index contributed by atoms with van der Waals surface area (Å²) in [5.41, 5.74) is -0.522. The SMILES string of the molecule is CCC(F)(F)CC(=O)N1CC(C)(C)O[C@@H]2COC[C@H]21. The minimum absolute atomic E-state index is 0.206. The molecule has 0 unspecified atom stereocenters. The molecular formula is C13H21F2NO3. The maximum absolute atomic E-state index is 13.4. The predicted molar refractivity (Wildman–Crippen MR) is 65.1 cm³/mol. The molecule has 0 bridgehead atoms. The average Bonchev–Trinajstić information content (AvgIpc) is 2.73. The average molecular weight is 277 g/mol. The summed E-state index contributed by atoms with van der Waals surface area (Å²) in [6, 6.07) is -0.229. The number of morpholine rings is 1. The van der Waals surface area contributed by atoms with Crippen LogP contribution in [0.2, 0.25) is 0 Å². The molecule has 0 aromatic heterocycles. The molecule has 0 aliphatic carbocycles. The third-order valence-electron chi connectivity index (χ3n) is 3.67. The molecule has 2 saturated heterocycles. The van der Waals surface area contributed by atoms with Gasteiger partial charge in [0.1, 0.15) is 6.10 Å². The van der Waals surface area contributed by atoms with E-state index in [-0.39, 0.29) is 18.6 Å². The van der Waals surface area contributed by atoms with Crippen LogP contribution in [-0.4, -0.2) is 54.2 Å². The number of nitrogens with zero attached hydrogens (tertiary/aromatic N) is 1. The van der Waals surface area contributed by atoms with Crippen molar-refractivity contribution >= 4 is 5.91 Å². The highest BCUT2D eigenvalue weighted by Gasteiger charge is 2.47. The molecule has 0 spiro atoms. The molecule has 0 N–H and O–H groups in total. The summed E-state index contributed by atoms with van der Waals surface area (Å²) in [6.07, 6.45) is -1.26. The Bertz CT molecular complexity index is 360. The van der Waals surface area contributed by atoms with Crippen LogP contribution in [0.15, 0.2) is 0 Å². The highest BCUT2D eigenvalue weighted by Crippen LogP contribution is 2.32. The quantitative estimate of drug-likeness (QED) is 0.790. The van der Waals surface area contributed by atoms with E-state index in [1.165, 1.54) is 11.8 Å². The smallest absolute Gasteiger partial charge is 0.256 e. The lowest BCUT2D eigenvalue weighted by molar-refractivity contribution is -0.173. The van der Waals surface area contributed by atoms with Crippen molar-refractivity contribution in [3.63, 3.8) is 0 Å². The highest BCUT2D eigenvalue weighted by molar-refractivity contribution is 5.77. The van der Waals surface area contributed by atoms with E-state index >= 15 is 0 Å². The number of carbonyl (C=O) groups is 1. The second-order valence-corrected chi connectivity index (χ2v) is 5.93. The Morgan fingerprint density at radius 2 is 2.11 bits per heavy atom. The lowest BCUT2D eigenvalue weighted by atomic mass is 9.99. The minimum Gasteiger partial charge on any atom is -0.376 e. The number of hydrogen-bond donors (Lipinski definition) is 0. The van der Waals surface area contributed by atoms with Crippen LogP contribution < -0.4 is 0 Å². The van der Waals surface area contributed by atoms with Crippen molar-refractivity contribution in [1.82, 2.24) is 4.90 Å². The summed E-state index contributed by atoms with van der Waals surface area (Å²) in [6.45, 7) is 6.22. The van der Waals surface area contributed by atoms with Gasteiger partial charge in [-0.3, -0.25) is 4.79 Å². The molecule has 2 aliphatic rings. The third-order valence-corrected chi connectivity index (χ3v) is 3.67. The van der Waals surface area contributed by atoms with Gasteiger partial charge in [-0.05, 0) is 13.8 Å². The first kappa shape index (κ1) is 14.7. The van der Waals surface area contributed by atoms with Crippen molar-refractivity contribution in [3.05, 3.63) is 0 Å². The number of rotatable bonds is 3. The van der Waals surface area contributed by atoms with Crippen molar-refractivity contribution in [1.29, 1.82) is 0 Å². The van der Waals surface area contributed by atoms with E-state index < -0.39 is 23.9 Å². The van der Waals surface area contributed by atoms with Gasteiger partial charge in [-0.25, -0.2) is 8.78 Å². The Labute approximate surface area is 112 Å². The number of amides is 1. The van der Waals surface area contributed by atoms with Gasteiger partial charge in [-0.2, -0.15) is 0 Å². The topological polar surface area (TPSA) is 38.8 Å². The molecule has 0 saturated carbocycles. The van der Waals surface area contributed by atoms with E-state index in [0.29, 0.717) is 19.8 Å². The first-order valence-electron chi connectivity index (χ1n) is 6.67. The molecule has 6 heteroatoms. The summed E-state index contributed by atoms with van der Waals surface area (Å²) >= 11 is 0. The standard InChI is InChI=1S/C13H21F2NO3/c1-4-13(14,15)5-11(17)16-8-12(2,3)19-10-7-18-6-9(10)16/h9-10H,4-8H2,1-3H3/t9-,10-/m1/s1. The molecule has 2 aliphatic heterocycles. The maximum atomic E-state index is 13.4. The fraction of sp³-hybridized carbons (Fsp3) is 0.923. The van der Waals surface area contributed by atoms with E-state index in [0.717, 1.165) is 0 Å². The van der Waals surface area contributed by atoms with Crippen LogP contribution in [0, 0.1) is 0 Å². The summed E-state index contributed by atoms with van der Waals surface area (Å²) in [5, 5.41) is 0. The largest absolute Gasteiger partial charge is 0.376 e. The van der Waals surface area contributed by atoms with Gasteiger partial charge in [0.15, 0.2) is 0 Å². The van der Waals surface area contributed by atoms with Crippen LogP contribution in [0.25, 0.3) is 0 Å². The van der Waals surface area contributed by atoms with Crippen molar-refractivity contribution in [2.24, 2.45) is 0 Å². The van der Waals surface area contributed by atoms with Crippen molar-refractivity contribution < 1.29 is 23.0 Å². The number of halogens is 2. The number of carbonyl (C=O) groups excluding carboxylic acids is 1. The monoisotopic (exact) mass is 277 g/mol. The van der Waals surface area contributed by atoms with E-state index in [1.54, 1.807) is 0 Å². The second-order valence-electron chi connectivity index (χ2n) is 5.93. The lowest BCUT2D eigenvalue weighted by Crippen LogP contribution is -2.60. The minimum atomic E-state index is -2.94. The van der Waals surface area contributed by atoms with Crippen molar-refractivity contribution in [3.8, 4) is 0 Å². The molecule has 1 amide bonds. The van der Waals surface area contributed by atoms with E-state index in [4.69, 9.17) is 9.47 Å². The van der Waals surface area contributed by atoms with Crippen molar-refractivity contribution in [2.75, 3.05) is 19.8 Å². The van der Waals surface area contributed by atoms with Gasteiger partial charge in [0, 0.05) is 13.0 Å². The normalized spacial score (nSPS) is 30.3. The van der Waals surface area contributed by atoms with Crippen LogP contribution in [0.4, 0.5) is 8.78 Å². The van der Waals surface area contributed by atoms with Crippen LogP contribution in [-0.2, 0) is 14.3 Å². The number of fused-ring (bicyclic) bond motifs is 1. The molecule has 0 aromatic carbocycles. The van der Waals surface area contributed by atoms with Crippen LogP contribution >= 0.6 is 0 Å². The third kappa shape index (κ3) is 3.23. The number of hydrogen-bond acceptors (Lipinski definition) is 3. The number of alkyl halides is 2. The zero-order valence-electron chi connectivity index (χ0n) is 11.6. The molecule has 2 fully saturated rings. The molecule has 19 heavy (non-hydrogen) atoms. The number of ether oxygens (including phenoxy) is 2. The van der Waals surface area contributed by atoms with Crippen LogP contribution in [0.1, 0.15) is 33.6 Å². The van der Waals surface area contributed by atoms with Gasteiger partial charge in [0.05, 0.1) is 31.3 Å². The Morgan fingerprint density at radius 1 is 1.42 bits per heavy atom. The van der Waals surface area contributed by atoms with E-state index in [2.05, 4.69) is 0 Å². The summed E-state index contributed by atoms with van der Waals surface area (Å²) in [7, 11) is 0. The fourth-order valence-electron chi connectivity index (χ4n) is 2.62. The Kier molecular flexibility index (Phi) is 3.84. The zero-order valence-corrected chi connectivity index (χ0v) is 11.6. The molecule has 0 radical (unpaired) electrons. The summed E-state index contributed by atoms with van der Waals surface area (Å²) in [4.78, 5) is 13.7. The lowest BCUT2D eigenvalue weighted by Gasteiger charge is -2.45. The van der Waals surface area contributed by atoms with Gasteiger partial charge in [-0.15, -0.1) is 0 Å². The molecule has 110 valence electrons. The molecular weight excluding hydrogens is 256 g/mol. The first-order valence-corrected chi connectivity index (χ1v) is 6.67. The van der Waals surface area contributed by atoms with Crippen molar-refractivity contribution in [2.45, 2.75) is 57.3 Å². The summed E-state index contributed by atoms with van der Waals surface area (Å²) < 4.78 is 37.9. The fourth-order valence-corrected chi connectivity index (χ4v) is 2.62. The predicted octanol–water partition coefficient (Wildman–Crippen LogP) is 1.83. The van der Waals surface area contributed by atoms with Crippen LogP contribution in [0.3, 0.4) is 0 Å². The first-order chi connectivity index (χ1) is 8.74. The van der Waals surface area contributed by atoms with Gasteiger partial charge in [-0.1, -0.05) is 6.92 Å². The van der Waals surface area contributed by atoms with Gasteiger partial charge < -0.3 is 14.4 Å². The Morgan fingerprint density at radius 3 is 2.74 bits per heavy atom. The molecule has 2 heterocycles. The summed E-state index contributed by atoms with van der Waals surface area (Å²) in [5.74, 6) is -3.45. The molecule has 2 rings (SSSR count). The second kappa shape index (κ2) is 4.98. The Hall–Kier alpha value is -0.750.